The van der Waals surface area contributed by atoms with E-state index in [1.807, 2.05) is 34.6 Å². The normalized spacial score (nSPS) is 32.2. The predicted molar refractivity (Wildman–Crippen MR) is 133 cm³/mol. The summed E-state index contributed by atoms with van der Waals surface area (Å²) < 4.78 is 0. The van der Waals surface area contributed by atoms with Gasteiger partial charge < -0.3 is 25.5 Å². The number of fused-ring (bicyclic) bond motifs is 1. The number of carbonyl (C=O) groups excluding carboxylic acids is 2. The third-order valence-electron chi connectivity index (χ3n) is 9.25. The predicted octanol–water partition coefficient (Wildman–Crippen LogP) is 4.91. The molecule has 5 N–H and O–H groups in total. The molecule has 0 unspecified atom stereocenters. The molecule has 0 bridgehead atoms. The average Bonchev–Trinajstić information content (AvgIpc) is 2.72. The zero-order valence-corrected chi connectivity index (χ0v) is 21.8. The number of phenols is 3. The van der Waals surface area contributed by atoms with E-state index in [2.05, 4.69) is 6.92 Å². The topological polar surface area (TPSA) is 135 Å². The van der Waals surface area contributed by atoms with E-state index in [0.717, 1.165) is 12.8 Å². The summed E-state index contributed by atoms with van der Waals surface area (Å²) in [7, 11) is 0. The van der Waals surface area contributed by atoms with Crippen LogP contribution in [0.2, 0.25) is 0 Å². The fourth-order valence-electron chi connectivity index (χ4n) is 7.33. The summed E-state index contributed by atoms with van der Waals surface area (Å²) in [5.41, 5.74) is -2.85. The van der Waals surface area contributed by atoms with Crippen LogP contribution in [0.4, 0.5) is 0 Å². The molecular weight excluding hydrogens is 448 g/mol. The SMILES string of the molecule is CC(C)C[C@H](c1c(O)c(C=O)c(O)c(C=O)c1O)[C@@H]1CC[C@@](C)(O)[C@@H]2C[C@@H](C(C)(C)O)CC[C@@]21C. The molecule has 1 aromatic rings. The minimum atomic E-state index is -0.932. The summed E-state index contributed by atoms with van der Waals surface area (Å²) in [5.74, 6) is -2.10. The van der Waals surface area contributed by atoms with E-state index in [-0.39, 0.29) is 34.7 Å². The first-order valence-electron chi connectivity index (χ1n) is 12.8. The summed E-state index contributed by atoms with van der Waals surface area (Å²) in [6, 6.07) is 0. The minimum Gasteiger partial charge on any atom is -0.507 e. The van der Waals surface area contributed by atoms with Crippen molar-refractivity contribution in [2.75, 3.05) is 0 Å². The number of phenolic OH excluding ortho intramolecular Hbond substituents is 3. The van der Waals surface area contributed by atoms with Gasteiger partial charge in [0, 0.05) is 5.56 Å². The second-order valence-electron chi connectivity index (χ2n) is 12.4. The maximum Gasteiger partial charge on any atom is 0.157 e. The molecule has 2 fully saturated rings. The molecule has 0 radical (unpaired) electrons. The van der Waals surface area contributed by atoms with Gasteiger partial charge >= 0.3 is 0 Å². The fraction of sp³-hybridized carbons (Fsp3) is 0.714. The minimum absolute atomic E-state index is 0.0353. The van der Waals surface area contributed by atoms with Crippen LogP contribution in [0, 0.1) is 29.1 Å². The zero-order valence-electron chi connectivity index (χ0n) is 21.8. The Kier molecular flexibility index (Phi) is 7.37. The molecule has 0 saturated heterocycles. The Morgan fingerprint density at radius 1 is 0.971 bits per heavy atom. The van der Waals surface area contributed by atoms with Gasteiger partial charge in [0.2, 0.25) is 0 Å². The van der Waals surface area contributed by atoms with Crippen molar-refractivity contribution < 1.29 is 35.1 Å². The number of aromatic hydroxyl groups is 3. The van der Waals surface area contributed by atoms with Crippen molar-refractivity contribution >= 4 is 12.6 Å². The van der Waals surface area contributed by atoms with Crippen LogP contribution in [0.5, 0.6) is 17.2 Å². The number of hydrogen-bond acceptors (Lipinski definition) is 7. The van der Waals surface area contributed by atoms with E-state index in [1.165, 1.54) is 0 Å². The second kappa shape index (κ2) is 9.40. The van der Waals surface area contributed by atoms with Crippen molar-refractivity contribution in [3.05, 3.63) is 16.7 Å². The lowest BCUT2D eigenvalue weighted by atomic mass is 9.46. The highest BCUT2D eigenvalue weighted by atomic mass is 16.3. The van der Waals surface area contributed by atoms with E-state index in [9.17, 15) is 35.1 Å². The molecule has 1 aromatic carbocycles. The van der Waals surface area contributed by atoms with E-state index in [0.29, 0.717) is 38.3 Å². The Balaban J connectivity index is 2.20. The van der Waals surface area contributed by atoms with Crippen molar-refractivity contribution in [1.29, 1.82) is 0 Å². The van der Waals surface area contributed by atoms with Gasteiger partial charge in [0.15, 0.2) is 12.6 Å². The Morgan fingerprint density at radius 2 is 1.51 bits per heavy atom. The highest BCUT2D eigenvalue weighted by molar-refractivity contribution is 5.95. The van der Waals surface area contributed by atoms with Crippen LogP contribution in [-0.4, -0.2) is 49.3 Å². The number of benzene rings is 1. The van der Waals surface area contributed by atoms with Gasteiger partial charge in [-0.25, -0.2) is 0 Å². The van der Waals surface area contributed by atoms with Gasteiger partial charge in [0.05, 0.1) is 22.3 Å². The van der Waals surface area contributed by atoms with Gasteiger partial charge in [-0.05, 0) is 94.3 Å². The van der Waals surface area contributed by atoms with Crippen LogP contribution < -0.4 is 0 Å². The molecule has 7 nitrogen and oxygen atoms in total. The van der Waals surface area contributed by atoms with Crippen molar-refractivity contribution in [1.82, 2.24) is 0 Å². The zero-order chi connectivity index (χ0) is 26.5. The number of aldehydes is 2. The molecular formula is C28H42O7. The first-order chi connectivity index (χ1) is 16.1. The molecule has 2 aliphatic carbocycles. The summed E-state index contributed by atoms with van der Waals surface area (Å²) in [6.07, 6.45) is 4.53. The largest absolute Gasteiger partial charge is 0.507 e. The summed E-state index contributed by atoms with van der Waals surface area (Å²) in [5, 5.41) is 54.7. The van der Waals surface area contributed by atoms with Gasteiger partial charge in [0.1, 0.15) is 17.2 Å². The number of aliphatic hydroxyl groups is 2. The van der Waals surface area contributed by atoms with Gasteiger partial charge in [-0.2, -0.15) is 0 Å². The Morgan fingerprint density at radius 3 is 1.97 bits per heavy atom. The molecule has 2 aliphatic rings. The Bertz CT molecular complexity index is 939. The maximum atomic E-state index is 11.7. The Labute approximate surface area is 208 Å². The lowest BCUT2D eigenvalue weighted by molar-refractivity contribution is -0.171. The lowest BCUT2D eigenvalue weighted by Gasteiger charge is -2.60. The van der Waals surface area contributed by atoms with E-state index < -0.39 is 45.5 Å². The smallest absolute Gasteiger partial charge is 0.157 e. The van der Waals surface area contributed by atoms with Crippen LogP contribution in [0.1, 0.15) is 112 Å². The molecule has 2 saturated carbocycles. The summed E-state index contributed by atoms with van der Waals surface area (Å²) >= 11 is 0. The average molecular weight is 491 g/mol. The van der Waals surface area contributed by atoms with Gasteiger partial charge in [-0.3, -0.25) is 9.59 Å². The second-order valence-corrected chi connectivity index (χ2v) is 12.4. The van der Waals surface area contributed by atoms with E-state index >= 15 is 0 Å². The lowest BCUT2D eigenvalue weighted by Crippen LogP contribution is -2.57. The third kappa shape index (κ3) is 4.69. The highest BCUT2D eigenvalue weighted by Gasteiger charge is 2.58. The number of hydrogen-bond donors (Lipinski definition) is 5. The molecule has 0 spiro atoms. The highest BCUT2D eigenvalue weighted by Crippen LogP contribution is 2.64. The fourth-order valence-corrected chi connectivity index (χ4v) is 7.33. The van der Waals surface area contributed by atoms with Crippen LogP contribution in [-0.2, 0) is 0 Å². The molecule has 7 heteroatoms. The maximum absolute atomic E-state index is 11.7. The van der Waals surface area contributed by atoms with Gasteiger partial charge in [-0.15, -0.1) is 0 Å². The molecule has 35 heavy (non-hydrogen) atoms. The van der Waals surface area contributed by atoms with Crippen molar-refractivity contribution in [2.45, 2.75) is 97.2 Å². The van der Waals surface area contributed by atoms with Gasteiger partial charge in [0.25, 0.3) is 0 Å². The van der Waals surface area contributed by atoms with Crippen LogP contribution in [0.25, 0.3) is 0 Å². The monoisotopic (exact) mass is 490 g/mol. The van der Waals surface area contributed by atoms with Crippen LogP contribution >= 0.6 is 0 Å². The Hall–Kier alpha value is -2.12. The van der Waals surface area contributed by atoms with Crippen molar-refractivity contribution in [3.63, 3.8) is 0 Å². The van der Waals surface area contributed by atoms with Crippen LogP contribution in [0.3, 0.4) is 0 Å². The van der Waals surface area contributed by atoms with E-state index in [4.69, 9.17) is 0 Å². The summed E-state index contributed by atoms with van der Waals surface area (Å²) in [6.45, 7) is 11.7. The first kappa shape index (κ1) is 27.5. The van der Waals surface area contributed by atoms with Crippen LogP contribution in [0.15, 0.2) is 0 Å². The summed E-state index contributed by atoms with van der Waals surface area (Å²) in [4.78, 5) is 23.5. The molecule has 6 atom stereocenters. The molecule has 0 amide bonds. The van der Waals surface area contributed by atoms with Crippen molar-refractivity contribution in [3.8, 4) is 17.2 Å². The number of rotatable bonds is 7. The third-order valence-corrected chi connectivity index (χ3v) is 9.25. The molecule has 0 heterocycles. The van der Waals surface area contributed by atoms with Gasteiger partial charge in [-0.1, -0.05) is 20.8 Å². The number of carbonyl (C=O) groups is 2. The molecule has 3 rings (SSSR count). The first-order valence-corrected chi connectivity index (χ1v) is 12.8. The molecule has 196 valence electrons. The van der Waals surface area contributed by atoms with E-state index in [1.54, 1.807) is 0 Å². The quantitative estimate of drug-likeness (QED) is 0.343. The van der Waals surface area contributed by atoms with Crippen molar-refractivity contribution in [2.24, 2.45) is 29.1 Å². The standard InChI is InChI=1S/C28H42O7/c1-15(2)11-17(22-24(32)18(13-29)23(31)19(14-30)25(22)33)20-8-10-28(6,35)21-12-16(26(3,4)34)7-9-27(20,21)5/h13-17,20-21,31-35H,7-12H2,1-6H3/t16-,17-,20-,21+,27+,28+/m0/s1. The molecule has 0 aromatic heterocycles. The molecule has 0 aliphatic heterocycles.